The second kappa shape index (κ2) is 5.03. The van der Waals surface area contributed by atoms with Gasteiger partial charge >= 0.3 is 0 Å². The van der Waals surface area contributed by atoms with E-state index < -0.39 is 0 Å². The quantitative estimate of drug-likeness (QED) is 0.531. The zero-order valence-corrected chi connectivity index (χ0v) is 12.7. The van der Waals surface area contributed by atoms with E-state index in [1.165, 1.54) is 0 Å². The molecule has 5 heteroatoms. The molecule has 1 N–H and O–H groups in total. The Balaban J connectivity index is 1.68. The van der Waals surface area contributed by atoms with E-state index in [2.05, 4.69) is 27.4 Å². The Labute approximate surface area is 137 Å². The maximum atomic E-state index is 4.76. The Bertz CT molecular complexity index is 1190. The van der Waals surface area contributed by atoms with E-state index in [-0.39, 0.29) is 0 Å². The van der Waals surface area contributed by atoms with E-state index >= 15 is 0 Å². The summed E-state index contributed by atoms with van der Waals surface area (Å²) in [5.74, 6) is 0.787. The zero-order chi connectivity index (χ0) is 15.9. The van der Waals surface area contributed by atoms with Gasteiger partial charge in [0.05, 0.1) is 29.1 Å². The van der Waals surface area contributed by atoms with Gasteiger partial charge in [0.25, 0.3) is 0 Å². The molecule has 0 unspecified atom stereocenters. The lowest BCUT2D eigenvalue weighted by atomic mass is 10.2. The van der Waals surface area contributed by atoms with Crippen LogP contribution >= 0.6 is 0 Å². The molecular formula is C19H13N5. The number of para-hydroxylation sites is 2. The van der Waals surface area contributed by atoms with E-state index in [1.807, 2.05) is 59.4 Å². The summed E-state index contributed by atoms with van der Waals surface area (Å²) in [4.78, 5) is 13.4. The highest BCUT2D eigenvalue weighted by Crippen LogP contribution is 2.25. The Morgan fingerprint density at radius 3 is 2.83 bits per heavy atom. The summed E-state index contributed by atoms with van der Waals surface area (Å²) in [6.45, 7) is 0. The van der Waals surface area contributed by atoms with Gasteiger partial charge in [-0.05, 0) is 36.4 Å². The molecule has 0 amide bonds. The molecule has 114 valence electrons. The number of pyridine rings is 1. The topological polar surface area (TPSA) is 55.1 Å². The number of hydrogen-bond acceptors (Lipinski definition) is 4. The Kier molecular flexibility index (Phi) is 2.72. The summed E-state index contributed by atoms with van der Waals surface area (Å²) < 4.78 is 2.05. The molecule has 3 aromatic heterocycles. The lowest BCUT2D eigenvalue weighted by Crippen LogP contribution is -1.99. The summed E-state index contributed by atoms with van der Waals surface area (Å²) in [6, 6.07) is 18.1. The van der Waals surface area contributed by atoms with E-state index in [9.17, 15) is 0 Å². The molecule has 5 rings (SSSR count). The fourth-order valence-electron chi connectivity index (χ4n) is 2.98. The van der Waals surface area contributed by atoms with Gasteiger partial charge in [0.1, 0.15) is 5.52 Å². The molecule has 5 nitrogen and oxygen atoms in total. The molecule has 0 aliphatic heterocycles. The average molecular weight is 311 g/mol. The van der Waals surface area contributed by atoms with Crippen molar-refractivity contribution in [2.75, 3.05) is 5.32 Å². The van der Waals surface area contributed by atoms with Crippen LogP contribution in [0.3, 0.4) is 0 Å². The summed E-state index contributed by atoms with van der Waals surface area (Å²) in [6.07, 6.45) is 5.44. The number of hydrogen-bond donors (Lipinski definition) is 1. The number of rotatable bonds is 2. The predicted molar refractivity (Wildman–Crippen MR) is 95.5 cm³/mol. The second-order valence-corrected chi connectivity index (χ2v) is 5.63. The normalized spacial score (nSPS) is 11.3. The third-order valence-electron chi connectivity index (χ3n) is 4.12. The highest BCUT2D eigenvalue weighted by atomic mass is 15.1. The molecule has 24 heavy (non-hydrogen) atoms. The van der Waals surface area contributed by atoms with Gasteiger partial charge in [0.2, 0.25) is 0 Å². The number of nitrogens with one attached hydrogen (secondary N) is 1. The minimum absolute atomic E-state index is 0.787. The monoisotopic (exact) mass is 311 g/mol. The van der Waals surface area contributed by atoms with Gasteiger partial charge in [-0.25, -0.2) is 9.97 Å². The van der Waals surface area contributed by atoms with Crippen molar-refractivity contribution in [2.24, 2.45) is 0 Å². The molecule has 2 aromatic carbocycles. The minimum atomic E-state index is 0.787. The number of nitrogens with zero attached hydrogens (tertiary/aromatic N) is 4. The van der Waals surface area contributed by atoms with Gasteiger partial charge in [-0.15, -0.1) is 0 Å². The Morgan fingerprint density at radius 2 is 1.83 bits per heavy atom. The van der Waals surface area contributed by atoms with Crippen LogP contribution in [-0.4, -0.2) is 19.4 Å². The van der Waals surface area contributed by atoms with E-state index in [0.29, 0.717) is 0 Å². The number of anilines is 2. The summed E-state index contributed by atoms with van der Waals surface area (Å²) in [5, 5.41) is 4.51. The molecule has 0 atom stereocenters. The van der Waals surface area contributed by atoms with Crippen molar-refractivity contribution < 1.29 is 0 Å². The van der Waals surface area contributed by atoms with E-state index in [1.54, 1.807) is 6.20 Å². The number of aromatic nitrogens is 4. The molecule has 5 aromatic rings. The smallest absolute Gasteiger partial charge is 0.157 e. The maximum absolute atomic E-state index is 4.76. The molecule has 0 saturated heterocycles. The average Bonchev–Trinajstić information content (AvgIpc) is 3.12. The van der Waals surface area contributed by atoms with Gasteiger partial charge < -0.3 is 5.32 Å². The van der Waals surface area contributed by atoms with Crippen molar-refractivity contribution in [3.63, 3.8) is 0 Å². The maximum Gasteiger partial charge on any atom is 0.157 e. The van der Waals surface area contributed by atoms with Gasteiger partial charge in [-0.2, -0.15) is 0 Å². The first-order valence-electron chi connectivity index (χ1n) is 7.71. The van der Waals surface area contributed by atoms with Crippen LogP contribution in [0.15, 0.2) is 73.3 Å². The van der Waals surface area contributed by atoms with Crippen LogP contribution in [0.4, 0.5) is 11.5 Å². The molecule has 0 bridgehead atoms. The largest absolute Gasteiger partial charge is 0.338 e. The molecule has 3 heterocycles. The lowest BCUT2D eigenvalue weighted by molar-refractivity contribution is 1.19. The molecular weight excluding hydrogens is 298 g/mol. The van der Waals surface area contributed by atoms with Crippen molar-refractivity contribution in [2.45, 2.75) is 0 Å². The summed E-state index contributed by atoms with van der Waals surface area (Å²) >= 11 is 0. The van der Waals surface area contributed by atoms with Crippen LogP contribution in [0.1, 0.15) is 0 Å². The number of benzene rings is 2. The van der Waals surface area contributed by atoms with Gasteiger partial charge in [0.15, 0.2) is 5.82 Å². The molecule has 0 aliphatic carbocycles. The van der Waals surface area contributed by atoms with Crippen LogP contribution in [0.2, 0.25) is 0 Å². The van der Waals surface area contributed by atoms with Crippen LogP contribution < -0.4 is 5.32 Å². The fourth-order valence-corrected chi connectivity index (χ4v) is 2.98. The first kappa shape index (κ1) is 13.0. The molecule has 0 saturated carbocycles. The lowest BCUT2D eigenvalue weighted by Gasteiger charge is -2.10. The fraction of sp³-hybridized carbons (Fsp3) is 0. The first-order valence-corrected chi connectivity index (χ1v) is 7.71. The van der Waals surface area contributed by atoms with Crippen molar-refractivity contribution in [1.29, 1.82) is 0 Å². The van der Waals surface area contributed by atoms with Crippen molar-refractivity contribution in [3.05, 3.63) is 73.3 Å². The highest BCUT2D eigenvalue weighted by Gasteiger charge is 2.09. The first-order chi connectivity index (χ1) is 11.9. The van der Waals surface area contributed by atoms with Crippen molar-refractivity contribution >= 4 is 39.0 Å². The third kappa shape index (κ3) is 1.99. The SMILES string of the molecule is c1cnc2ccc(Nc3nc4ccccc4n4cncc34)cc2c1. The predicted octanol–water partition coefficient (Wildman–Crippen LogP) is 4.17. The van der Waals surface area contributed by atoms with Gasteiger partial charge in [-0.3, -0.25) is 9.38 Å². The Morgan fingerprint density at radius 1 is 0.875 bits per heavy atom. The Hall–Kier alpha value is -3.47. The van der Waals surface area contributed by atoms with Gasteiger partial charge in [0, 0.05) is 17.3 Å². The summed E-state index contributed by atoms with van der Waals surface area (Å²) in [7, 11) is 0. The van der Waals surface area contributed by atoms with Crippen molar-refractivity contribution in [3.8, 4) is 0 Å². The summed E-state index contributed by atoms with van der Waals surface area (Å²) in [5.41, 5.74) is 4.86. The van der Waals surface area contributed by atoms with Gasteiger partial charge in [-0.1, -0.05) is 18.2 Å². The molecule has 0 fully saturated rings. The third-order valence-corrected chi connectivity index (χ3v) is 4.12. The number of fused-ring (bicyclic) bond motifs is 4. The molecule has 0 radical (unpaired) electrons. The van der Waals surface area contributed by atoms with Crippen LogP contribution in [0.5, 0.6) is 0 Å². The van der Waals surface area contributed by atoms with E-state index in [4.69, 9.17) is 4.98 Å². The van der Waals surface area contributed by atoms with Crippen LogP contribution in [-0.2, 0) is 0 Å². The molecule has 0 spiro atoms. The minimum Gasteiger partial charge on any atom is -0.338 e. The van der Waals surface area contributed by atoms with Crippen LogP contribution in [0, 0.1) is 0 Å². The number of imidazole rings is 1. The molecule has 0 aliphatic rings. The second-order valence-electron chi connectivity index (χ2n) is 5.63. The highest BCUT2D eigenvalue weighted by molar-refractivity contribution is 5.88. The zero-order valence-electron chi connectivity index (χ0n) is 12.7. The van der Waals surface area contributed by atoms with Crippen molar-refractivity contribution in [1.82, 2.24) is 19.4 Å². The standard InChI is InChI=1S/C19H13N5/c1-2-6-17-16(5-1)23-19(18-11-20-12-24(17)18)22-14-7-8-15-13(10-14)4-3-9-21-15/h1-12H,(H,22,23). The van der Waals surface area contributed by atoms with E-state index in [0.717, 1.165) is 39.0 Å². The van der Waals surface area contributed by atoms with Crippen LogP contribution in [0.25, 0.3) is 27.5 Å².